The minimum atomic E-state index is -0.482. The first kappa shape index (κ1) is 20.2. The largest absolute Gasteiger partial charge is 0.393 e. The molecule has 0 bridgehead atoms. The molecule has 6 aliphatic rings. The summed E-state index contributed by atoms with van der Waals surface area (Å²) in [6.07, 6.45) is 9.43. The molecular formula is C25H38O5. The van der Waals surface area contributed by atoms with E-state index in [1.165, 1.54) is 12.0 Å². The number of allylic oxidation sites excluding steroid dienone is 1. The van der Waals surface area contributed by atoms with Crippen molar-refractivity contribution in [2.75, 3.05) is 26.4 Å². The molecule has 2 aliphatic heterocycles. The summed E-state index contributed by atoms with van der Waals surface area (Å²) in [4.78, 5) is 0. The third kappa shape index (κ3) is 2.59. The fraction of sp³-hybridized carbons (Fsp3) is 0.920. The lowest BCUT2D eigenvalue weighted by atomic mass is 9.46. The maximum absolute atomic E-state index is 11.7. The molecule has 1 N–H and O–H groups in total. The monoisotopic (exact) mass is 418 g/mol. The van der Waals surface area contributed by atoms with Gasteiger partial charge in [0.05, 0.1) is 32.5 Å². The van der Waals surface area contributed by atoms with E-state index in [0.717, 1.165) is 38.5 Å². The standard InChI is InChI=1S/C25H38O5/c1-22-8-9-25(29-12-13-30-25)14-16(22)4-5-17-18-6-7-20(24(3)27-10-11-28-24)23(18,2)15-19(26)21(17)22/h4,17-21,26H,5-15H2,1-3H3/t17?,18?,19?,20-,21?,22-,23-/m0/s1. The van der Waals surface area contributed by atoms with E-state index < -0.39 is 11.6 Å². The predicted octanol–water partition coefficient (Wildman–Crippen LogP) is 4.04. The number of ether oxygens (including phenoxy) is 4. The molecule has 5 nitrogen and oxygen atoms in total. The van der Waals surface area contributed by atoms with Gasteiger partial charge in [-0.25, -0.2) is 0 Å². The first-order chi connectivity index (χ1) is 14.3. The van der Waals surface area contributed by atoms with Gasteiger partial charge in [-0.3, -0.25) is 0 Å². The second-order valence-corrected chi connectivity index (χ2v) is 11.6. The van der Waals surface area contributed by atoms with Crippen LogP contribution in [0.5, 0.6) is 0 Å². The molecule has 1 spiro atoms. The topological polar surface area (TPSA) is 57.2 Å². The Kier molecular flexibility index (Phi) is 4.40. The molecule has 5 fully saturated rings. The zero-order chi connectivity index (χ0) is 20.8. The van der Waals surface area contributed by atoms with Crippen molar-refractivity contribution in [1.82, 2.24) is 0 Å². The Balaban J connectivity index is 1.32. The Hall–Kier alpha value is -0.460. The van der Waals surface area contributed by atoms with Crippen molar-refractivity contribution in [3.63, 3.8) is 0 Å². The number of aliphatic hydroxyl groups excluding tert-OH is 1. The van der Waals surface area contributed by atoms with Crippen LogP contribution < -0.4 is 0 Å². The van der Waals surface area contributed by atoms with E-state index in [-0.39, 0.29) is 16.9 Å². The van der Waals surface area contributed by atoms with Crippen LogP contribution in [-0.2, 0) is 18.9 Å². The van der Waals surface area contributed by atoms with Gasteiger partial charge in [-0.1, -0.05) is 25.5 Å². The highest BCUT2D eigenvalue weighted by molar-refractivity contribution is 5.28. The molecule has 5 heteroatoms. The van der Waals surface area contributed by atoms with E-state index >= 15 is 0 Å². The second-order valence-electron chi connectivity index (χ2n) is 11.6. The molecule has 0 aromatic rings. The maximum atomic E-state index is 11.7. The summed E-state index contributed by atoms with van der Waals surface area (Å²) in [5.41, 5.74) is 1.62. The van der Waals surface area contributed by atoms with E-state index in [0.29, 0.717) is 50.1 Å². The van der Waals surface area contributed by atoms with Crippen molar-refractivity contribution >= 4 is 0 Å². The van der Waals surface area contributed by atoms with E-state index in [2.05, 4.69) is 26.8 Å². The Morgan fingerprint density at radius 3 is 2.37 bits per heavy atom. The average molecular weight is 419 g/mol. The van der Waals surface area contributed by atoms with Gasteiger partial charge in [-0.15, -0.1) is 0 Å². The normalized spacial score (nSPS) is 51.3. The van der Waals surface area contributed by atoms with Gasteiger partial charge in [0.1, 0.15) is 0 Å². The highest BCUT2D eigenvalue weighted by Crippen LogP contribution is 2.68. The second kappa shape index (κ2) is 6.54. The number of rotatable bonds is 1. The lowest BCUT2D eigenvalue weighted by molar-refractivity contribution is -0.227. The average Bonchev–Trinajstić information content (AvgIpc) is 3.41. The lowest BCUT2D eigenvalue weighted by Gasteiger charge is -2.61. The molecule has 2 saturated heterocycles. The number of fused-ring (bicyclic) bond motifs is 5. The van der Waals surface area contributed by atoms with Gasteiger partial charge in [0, 0.05) is 18.8 Å². The van der Waals surface area contributed by atoms with Crippen molar-refractivity contribution < 1.29 is 24.1 Å². The van der Waals surface area contributed by atoms with Crippen LogP contribution in [0.2, 0.25) is 0 Å². The zero-order valence-electron chi connectivity index (χ0n) is 18.8. The van der Waals surface area contributed by atoms with Crippen LogP contribution in [0.15, 0.2) is 11.6 Å². The summed E-state index contributed by atoms with van der Waals surface area (Å²) in [7, 11) is 0. The molecule has 0 radical (unpaired) electrons. The van der Waals surface area contributed by atoms with Gasteiger partial charge in [-0.2, -0.15) is 0 Å². The van der Waals surface area contributed by atoms with Gasteiger partial charge < -0.3 is 24.1 Å². The molecule has 4 unspecified atom stereocenters. The lowest BCUT2D eigenvalue weighted by Crippen LogP contribution is -2.59. The number of hydrogen-bond acceptors (Lipinski definition) is 5. The fourth-order valence-electron chi connectivity index (χ4n) is 9.07. The highest BCUT2D eigenvalue weighted by atomic mass is 16.7. The van der Waals surface area contributed by atoms with Crippen LogP contribution in [-0.4, -0.2) is 49.2 Å². The minimum absolute atomic E-state index is 0.0621. The van der Waals surface area contributed by atoms with Crippen LogP contribution in [0.25, 0.3) is 0 Å². The van der Waals surface area contributed by atoms with Crippen molar-refractivity contribution in [3.8, 4) is 0 Å². The Morgan fingerprint density at radius 1 is 0.933 bits per heavy atom. The van der Waals surface area contributed by atoms with Gasteiger partial charge in [0.2, 0.25) is 0 Å². The molecule has 2 heterocycles. The first-order valence-corrected chi connectivity index (χ1v) is 12.2. The van der Waals surface area contributed by atoms with Crippen LogP contribution in [0, 0.1) is 34.5 Å². The zero-order valence-corrected chi connectivity index (χ0v) is 18.8. The van der Waals surface area contributed by atoms with Gasteiger partial charge in [0.25, 0.3) is 0 Å². The van der Waals surface area contributed by atoms with Crippen LogP contribution in [0.4, 0.5) is 0 Å². The minimum Gasteiger partial charge on any atom is -0.393 e. The molecule has 6 rings (SSSR count). The van der Waals surface area contributed by atoms with Crippen molar-refractivity contribution in [3.05, 3.63) is 11.6 Å². The Bertz CT molecular complexity index is 736. The van der Waals surface area contributed by atoms with E-state index in [9.17, 15) is 5.11 Å². The quantitative estimate of drug-likeness (QED) is 0.651. The Morgan fingerprint density at radius 2 is 1.63 bits per heavy atom. The Labute approximate surface area is 180 Å². The molecule has 0 aromatic carbocycles. The van der Waals surface area contributed by atoms with Crippen LogP contribution >= 0.6 is 0 Å². The number of aliphatic hydroxyl groups is 1. The summed E-state index contributed by atoms with van der Waals surface area (Å²) in [6.45, 7) is 9.78. The molecule has 0 aromatic heterocycles. The summed E-state index contributed by atoms with van der Waals surface area (Å²) >= 11 is 0. The van der Waals surface area contributed by atoms with Crippen LogP contribution in [0.1, 0.15) is 65.7 Å². The van der Waals surface area contributed by atoms with Gasteiger partial charge in [-0.05, 0) is 67.6 Å². The third-order valence-electron chi connectivity index (χ3n) is 10.3. The molecule has 168 valence electrons. The summed E-state index contributed by atoms with van der Waals surface area (Å²) in [5.74, 6) is 1.00. The summed E-state index contributed by atoms with van der Waals surface area (Å²) < 4.78 is 24.4. The molecule has 3 saturated carbocycles. The molecule has 0 amide bonds. The van der Waals surface area contributed by atoms with E-state index in [1.807, 2.05) is 0 Å². The molecule has 4 aliphatic carbocycles. The third-order valence-corrected chi connectivity index (χ3v) is 10.3. The smallest absolute Gasteiger partial charge is 0.172 e. The maximum Gasteiger partial charge on any atom is 0.172 e. The van der Waals surface area contributed by atoms with E-state index in [4.69, 9.17) is 18.9 Å². The van der Waals surface area contributed by atoms with Crippen molar-refractivity contribution in [2.24, 2.45) is 34.5 Å². The molecule has 30 heavy (non-hydrogen) atoms. The van der Waals surface area contributed by atoms with Crippen molar-refractivity contribution in [1.29, 1.82) is 0 Å². The summed E-state index contributed by atoms with van der Waals surface area (Å²) in [6, 6.07) is 0. The fourth-order valence-corrected chi connectivity index (χ4v) is 9.07. The predicted molar refractivity (Wildman–Crippen MR) is 112 cm³/mol. The van der Waals surface area contributed by atoms with E-state index in [1.54, 1.807) is 0 Å². The van der Waals surface area contributed by atoms with Crippen LogP contribution in [0.3, 0.4) is 0 Å². The first-order valence-electron chi connectivity index (χ1n) is 12.2. The molecular weight excluding hydrogens is 380 g/mol. The summed E-state index contributed by atoms with van der Waals surface area (Å²) in [5, 5.41) is 11.7. The van der Waals surface area contributed by atoms with Crippen molar-refractivity contribution in [2.45, 2.75) is 83.4 Å². The van der Waals surface area contributed by atoms with Gasteiger partial charge >= 0.3 is 0 Å². The molecule has 7 atom stereocenters. The van der Waals surface area contributed by atoms with Gasteiger partial charge in [0.15, 0.2) is 11.6 Å². The highest BCUT2D eigenvalue weighted by Gasteiger charge is 2.65. The SMILES string of the molecule is CC1([C@H]2CCC3C4CC=C5CC6(CC[C@]5(C)C4C(O)C[C@@]32C)OCCO6)OCCO1. The number of hydrogen-bond donors (Lipinski definition) is 1.